The summed E-state index contributed by atoms with van der Waals surface area (Å²) in [6, 6.07) is 0.672. The summed E-state index contributed by atoms with van der Waals surface area (Å²) in [6.45, 7) is 15.4. The van der Waals surface area contributed by atoms with Crippen LogP contribution in [0, 0.1) is 23.2 Å². The second kappa shape index (κ2) is 3.61. The van der Waals surface area contributed by atoms with E-state index >= 15 is 0 Å². The third-order valence-corrected chi connectivity index (χ3v) is 3.76. The lowest BCUT2D eigenvalue weighted by atomic mass is 9.65. The van der Waals surface area contributed by atoms with Gasteiger partial charge in [-0.25, -0.2) is 0 Å². The van der Waals surface area contributed by atoms with Crippen LogP contribution < -0.4 is 5.32 Å². The van der Waals surface area contributed by atoms with E-state index in [1.807, 2.05) is 0 Å². The van der Waals surface area contributed by atoms with Crippen LogP contribution in [0.2, 0.25) is 0 Å². The average Bonchev–Trinajstić information content (AvgIpc) is 1.95. The van der Waals surface area contributed by atoms with Crippen LogP contribution in [0.1, 0.15) is 41.5 Å². The van der Waals surface area contributed by atoms with E-state index < -0.39 is 0 Å². The fourth-order valence-corrected chi connectivity index (χ4v) is 3.03. The molecule has 1 heterocycles. The van der Waals surface area contributed by atoms with Gasteiger partial charge in [0.25, 0.3) is 0 Å². The van der Waals surface area contributed by atoms with Crippen LogP contribution in [-0.4, -0.2) is 12.6 Å². The van der Waals surface area contributed by atoms with Crippen molar-refractivity contribution in [2.24, 2.45) is 23.2 Å². The standard InChI is InChI=1S/C12H25N/c1-8-7-13-10(3)11(9(8)2)12(4,5)6/h8-11,13H,7H2,1-6H3. The normalized spacial score (nSPS) is 42.0. The number of hydrogen-bond donors (Lipinski definition) is 1. The Balaban J connectivity index is 2.78. The van der Waals surface area contributed by atoms with Crippen LogP contribution in [0.3, 0.4) is 0 Å². The van der Waals surface area contributed by atoms with Crippen LogP contribution in [-0.2, 0) is 0 Å². The molecular formula is C12H25N. The molecule has 0 aromatic carbocycles. The van der Waals surface area contributed by atoms with Crippen LogP contribution in [0.15, 0.2) is 0 Å². The molecule has 1 aliphatic rings. The number of rotatable bonds is 0. The van der Waals surface area contributed by atoms with Gasteiger partial charge in [0.1, 0.15) is 0 Å². The van der Waals surface area contributed by atoms with Crippen LogP contribution in [0.5, 0.6) is 0 Å². The highest BCUT2D eigenvalue weighted by molar-refractivity contribution is 4.92. The van der Waals surface area contributed by atoms with Gasteiger partial charge in [0, 0.05) is 6.04 Å². The van der Waals surface area contributed by atoms with Gasteiger partial charge in [0.2, 0.25) is 0 Å². The smallest absolute Gasteiger partial charge is 0.00747 e. The maximum absolute atomic E-state index is 3.62. The summed E-state index contributed by atoms with van der Waals surface area (Å²) < 4.78 is 0. The summed E-state index contributed by atoms with van der Waals surface area (Å²) in [4.78, 5) is 0. The molecular weight excluding hydrogens is 158 g/mol. The largest absolute Gasteiger partial charge is 0.314 e. The van der Waals surface area contributed by atoms with Gasteiger partial charge in [-0.3, -0.25) is 0 Å². The lowest BCUT2D eigenvalue weighted by Gasteiger charge is -2.46. The maximum Gasteiger partial charge on any atom is 0.00747 e. The Morgan fingerprint density at radius 3 is 2.00 bits per heavy atom. The molecule has 0 bridgehead atoms. The summed E-state index contributed by atoms with van der Waals surface area (Å²) in [5.74, 6) is 2.47. The summed E-state index contributed by atoms with van der Waals surface area (Å²) in [5.41, 5.74) is 0.431. The van der Waals surface area contributed by atoms with Gasteiger partial charge in [-0.1, -0.05) is 34.6 Å². The van der Waals surface area contributed by atoms with Crippen molar-refractivity contribution in [3.05, 3.63) is 0 Å². The quantitative estimate of drug-likeness (QED) is 0.609. The molecule has 0 aromatic rings. The highest BCUT2D eigenvalue weighted by atomic mass is 14.9. The molecule has 0 aliphatic carbocycles. The van der Waals surface area contributed by atoms with Crippen LogP contribution in [0.25, 0.3) is 0 Å². The van der Waals surface area contributed by atoms with Crippen molar-refractivity contribution in [3.8, 4) is 0 Å². The molecule has 0 aromatic heterocycles. The van der Waals surface area contributed by atoms with Crippen molar-refractivity contribution in [1.29, 1.82) is 0 Å². The highest BCUT2D eigenvalue weighted by Crippen LogP contribution is 2.40. The molecule has 1 heteroatoms. The lowest BCUT2D eigenvalue weighted by molar-refractivity contribution is 0.0580. The number of piperidine rings is 1. The monoisotopic (exact) mass is 183 g/mol. The van der Waals surface area contributed by atoms with Crippen molar-refractivity contribution in [2.45, 2.75) is 47.6 Å². The summed E-state index contributed by atoms with van der Waals surface area (Å²) in [5, 5.41) is 3.62. The summed E-state index contributed by atoms with van der Waals surface area (Å²) >= 11 is 0. The maximum atomic E-state index is 3.62. The first-order chi connectivity index (χ1) is 5.84. The van der Waals surface area contributed by atoms with Crippen molar-refractivity contribution in [3.63, 3.8) is 0 Å². The molecule has 4 unspecified atom stereocenters. The van der Waals surface area contributed by atoms with E-state index in [0.29, 0.717) is 11.5 Å². The van der Waals surface area contributed by atoms with Gasteiger partial charge in [0.05, 0.1) is 0 Å². The molecule has 4 atom stereocenters. The highest BCUT2D eigenvalue weighted by Gasteiger charge is 2.39. The Labute approximate surface area is 83.3 Å². The zero-order valence-corrected chi connectivity index (χ0v) is 10.0. The van der Waals surface area contributed by atoms with E-state index in [9.17, 15) is 0 Å². The first-order valence-electron chi connectivity index (χ1n) is 5.57. The average molecular weight is 183 g/mol. The van der Waals surface area contributed by atoms with Crippen molar-refractivity contribution in [1.82, 2.24) is 5.32 Å². The third-order valence-electron chi connectivity index (χ3n) is 3.76. The molecule has 0 saturated carbocycles. The van der Waals surface area contributed by atoms with Crippen molar-refractivity contribution >= 4 is 0 Å². The van der Waals surface area contributed by atoms with E-state index in [4.69, 9.17) is 0 Å². The predicted molar refractivity (Wildman–Crippen MR) is 58.7 cm³/mol. The first kappa shape index (κ1) is 11.0. The fraction of sp³-hybridized carbons (Fsp3) is 1.00. The fourth-order valence-electron chi connectivity index (χ4n) is 3.03. The molecule has 1 N–H and O–H groups in total. The second-order valence-corrected chi connectivity index (χ2v) is 5.93. The topological polar surface area (TPSA) is 12.0 Å². The second-order valence-electron chi connectivity index (χ2n) is 5.93. The minimum Gasteiger partial charge on any atom is -0.314 e. The lowest BCUT2D eigenvalue weighted by Crippen LogP contribution is -2.52. The molecule has 1 nitrogen and oxygen atoms in total. The summed E-state index contributed by atoms with van der Waals surface area (Å²) in [7, 11) is 0. The summed E-state index contributed by atoms with van der Waals surface area (Å²) in [6.07, 6.45) is 0. The Morgan fingerprint density at radius 2 is 1.62 bits per heavy atom. The molecule has 1 fully saturated rings. The number of nitrogens with one attached hydrogen (secondary N) is 1. The van der Waals surface area contributed by atoms with Crippen LogP contribution >= 0.6 is 0 Å². The van der Waals surface area contributed by atoms with Gasteiger partial charge >= 0.3 is 0 Å². The van der Waals surface area contributed by atoms with Gasteiger partial charge < -0.3 is 5.32 Å². The van der Waals surface area contributed by atoms with E-state index in [0.717, 1.165) is 17.8 Å². The molecule has 1 saturated heterocycles. The Hall–Kier alpha value is -0.0400. The molecule has 78 valence electrons. The minimum atomic E-state index is 0.431. The molecule has 0 amide bonds. The Kier molecular flexibility index (Phi) is 3.06. The van der Waals surface area contributed by atoms with Crippen LogP contribution in [0.4, 0.5) is 0 Å². The van der Waals surface area contributed by atoms with E-state index in [-0.39, 0.29) is 0 Å². The zero-order chi connectivity index (χ0) is 10.2. The third kappa shape index (κ3) is 2.25. The van der Waals surface area contributed by atoms with E-state index in [1.54, 1.807) is 0 Å². The SMILES string of the molecule is CC1CNC(C)C(C(C)(C)C)C1C. The molecule has 1 aliphatic heterocycles. The van der Waals surface area contributed by atoms with Crippen molar-refractivity contribution in [2.75, 3.05) is 6.54 Å². The Bertz CT molecular complexity index is 168. The first-order valence-corrected chi connectivity index (χ1v) is 5.57. The van der Waals surface area contributed by atoms with Crippen molar-refractivity contribution < 1.29 is 0 Å². The predicted octanol–water partition coefficient (Wildman–Crippen LogP) is 2.91. The van der Waals surface area contributed by atoms with E-state index in [2.05, 4.69) is 46.9 Å². The molecule has 1 rings (SSSR count). The van der Waals surface area contributed by atoms with Gasteiger partial charge in [0.15, 0.2) is 0 Å². The molecule has 13 heavy (non-hydrogen) atoms. The van der Waals surface area contributed by atoms with Gasteiger partial charge in [-0.2, -0.15) is 0 Å². The number of hydrogen-bond acceptors (Lipinski definition) is 1. The minimum absolute atomic E-state index is 0.431. The Morgan fingerprint density at radius 1 is 1.08 bits per heavy atom. The van der Waals surface area contributed by atoms with Gasteiger partial charge in [-0.15, -0.1) is 0 Å². The molecule has 0 radical (unpaired) electrons. The van der Waals surface area contributed by atoms with E-state index in [1.165, 1.54) is 6.54 Å². The molecule has 0 spiro atoms. The zero-order valence-electron chi connectivity index (χ0n) is 10.0. The van der Waals surface area contributed by atoms with Gasteiger partial charge in [-0.05, 0) is 36.6 Å².